The summed E-state index contributed by atoms with van der Waals surface area (Å²) in [7, 11) is 0. The molecule has 0 amide bonds. The van der Waals surface area contributed by atoms with E-state index >= 15 is 0 Å². The lowest BCUT2D eigenvalue weighted by Crippen LogP contribution is -2.35. The van der Waals surface area contributed by atoms with E-state index in [1.165, 1.54) is 32.1 Å². The van der Waals surface area contributed by atoms with Gasteiger partial charge in [0.15, 0.2) is 6.29 Å². The van der Waals surface area contributed by atoms with Crippen molar-refractivity contribution in [1.82, 2.24) is 0 Å². The maximum Gasteiger partial charge on any atom is 0.154 e. The lowest BCUT2D eigenvalue weighted by molar-refractivity contribution is -0.111. The molecule has 7 atom stereocenters. The van der Waals surface area contributed by atoms with Crippen LogP contribution >= 0.6 is 0 Å². The molecule has 2 nitrogen and oxygen atoms in total. The van der Waals surface area contributed by atoms with Crippen LogP contribution in [0.3, 0.4) is 0 Å². The number of aliphatic hydroxyl groups excluding tert-OH is 1. The van der Waals surface area contributed by atoms with E-state index in [2.05, 4.69) is 13.8 Å². The van der Waals surface area contributed by atoms with Crippen LogP contribution in [0.2, 0.25) is 0 Å². The molecule has 0 heterocycles. The molecule has 104 valence electrons. The largest absolute Gasteiger partial charge is 0.368 e. The van der Waals surface area contributed by atoms with Gasteiger partial charge in [-0.2, -0.15) is 0 Å². The first-order valence-electron chi connectivity index (χ1n) is 8.03. The van der Waals surface area contributed by atoms with Gasteiger partial charge in [-0.25, -0.2) is 0 Å². The molecule has 0 aromatic heterocycles. The first kappa shape index (κ1) is 12.9. The quantitative estimate of drug-likeness (QED) is 0.755. The Labute approximate surface area is 111 Å². The van der Waals surface area contributed by atoms with Crippen molar-refractivity contribution in [2.24, 2.45) is 41.4 Å². The Bertz CT molecular complexity index is 301. The van der Waals surface area contributed by atoms with Gasteiger partial charge in [0.2, 0.25) is 0 Å². The summed E-state index contributed by atoms with van der Waals surface area (Å²) in [6.07, 6.45) is 6.72. The number of hydrogen-bond acceptors (Lipinski definition) is 2. The second-order valence-corrected chi connectivity index (χ2v) is 7.08. The Balaban J connectivity index is 1.80. The van der Waals surface area contributed by atoms with E-state index in [4.69, 9.17) is 0 Å². The van der Waals surface area contributed by atoms with Crippen molar-refractivity contribution in [1.29, 1.82) is 0 Å². The summed E-state index contributed by atoms with van der Waals surface area (Å²) in [6.45, 7) is 4.63. The molecule has 3 saturated carbocycles. The predicted molar refractivity (Wildman–Crippen MR) is 71.7 cm³/mol. The summed E-state index contributed by atoms with van der Waals surface area (Å²) in [5, 5.41) is 19.2. The molecule has 18 heavy (non-hydrogen) atoms. The third-order valence-electron chi connectivity index (χ3n) is 6.44. The summed E-state index contributed by atoms with van der Waals surface area (Å²) in [5.74, 6) is 5.16. The van der Waals surface area contributed by atoms with Crippen LogP contribution in [0.4, 0.5) is 0 Å². The second kappa shape index (κ2) is 4.79. The first-order chi connectivity index (χ1) is 8.67. The van der Waals surface area contributed by atoms with Gasteiger partial charge in [-0.05, 0) is 54.8 Å². The van der Waals surface area contributed by atoms with Crippen LogP contribution < -0.4 is 0 Å². The van der Waals surface area contributed by atoms with Crippen molar-refractivity contribution in [3.05, 3.63) is 0 Å². The van der Waals surface area contributed by atoms with Gasteiger partial charge in [0, 0.05) is 5.92 Å². The minimum atomic E-state index is -1.07. The van der Waals surface area contributed by atoms with Gasteiger partial charge in [-0.15, -0.1) is 0 Å². The van der Waals surface area contributed by atoms with E-state index in [9.17, 15) is 10.2 Å². The number of aliphatic hydroxyl groups is 2. The molecule has 0 aromatic carbocycles. The fraction of sp³-hybridized carbons (Fsp3) is 1.00. The second-order valence-electron chi connectivity index (χ2n) is 7.08. The molecule has 0 radical (unpaired) electrons. The number of fused-ring (bicyclic) bond motifs is 5. The fourth-order valence-corrected chi connectivity index (χ4v) is 6.03. The van der Waals surface area contributed by atoms with Crippen LogP contribution in [0.15, 0.2) is 0 Å². The van der Waals surface area contributed by atoms with Gasteiger partial charge in [0.1, 0.15) is 0 Å². The zero-order valence-electron chi connectivity index (χ0n) is 11.8. The van der Waals surface area contributed by atoms with E-state index in [1.54, 1.807) is 0 Å². The maximum absolute atomic E-state index is 9.58. The standard InChI is InChI=1S/C16H28O2/c1-3-5-10-6-9(4-2)15-12-7-11(14(10)15)8-13(12)16(17)18/h9-18H,3-8H2,1-2H3/t9?,10?,11?,12?,13?,14-,15?/m1/s1. The Kier molecular flexibility index (Phi) is 3.44. The monoisotopic (exact) mass is 252 g/mol. The van der Waals surface area contributed by atoms with Gasteiger partial charge >= 0.3 is 0 Å². The molecular formula is C16H28O2. The lowest BCUT2D eigenvalue weighted by Gasteiger charge is -2.36. The van der Waals surface area contributed by atoms with E-state index in [0.717, 1.165) is 36.0 Å². The van der Waals surface area contributed by atoms with Crippen molar-refractivity contribution in [3.8, 4) is 0 Å². The molecule has 0 aromatic rings. The third-order valence-corrected chi connectivity index (χ3v) is 6.44. The van der Waals surface area contributed by atoms with Crippen LogP contribution in [-0.2, 0) is 0 Å². The zero-order chi connectivity index (χ0) is 12.9. The topological polar surface area (TPSA) is 40.5 Å². The fourth-order valence-electron chi connectivity index (χ4n) is 6.03. The highest BCUT2D eigenvalue weighted by molar-refractivity contribution is 5.08. The van der Waals surface area contributed by atoms with Crippen molar-refractivity contribution in [3.63, 3.8) is 0 Å². The summed E-state index contributed by atoms with van der Waals surface area (Å²) < 4.78 is 0. The van der Waals surface area contributed by atoms with Crippen LogP contribution in [0.25, 0.3) is 0 Å². The molecule has 3 rings (SSSR count). The molecule has 0 saturated heterocycles. The first-order valence-corrected chi connectivity index (χ1v) is 8.03. The van der Waals surface area contributed by atoms with Gasteiger partial charge in [0.25, 0.3) is 0 Å². The van der Waals surface area contributed by atoms with Gasteiger partial charge < -0.3 is 10.2 Å². The summed E-state index contributed by atoms with van der Waals surface area (Å²) in [5.41, 5.74) is 0. The number of rotatable bonds is 4. The summed E-state index contributed by atoms with van der Waals surface area (Å²) in [6, 6.07) is 0. The van der Waals surface area contributed by atoms with Crippen LogP contribution in [0.5, 0.6) is 0 Å². The minimum absolute atomic E-state index is 0.186. The summed E-state index contributed by atoms with van der Waals surface area (Å²) >= 11 is 0. The molecule has 3 aliphatic carbocycles. The maximum atomic E-state index is 9.58. The highest BCUT2D eigenvalue weighted by Gasteiger charge is 2.60. The van der Waals surface area contributed by atoms with E-state index < -0.39 is 6.29 Å². The normalized spacial score (nSPS) is 50.2. The van der Waals surface area contributed by atoms with Crippen LogP contribution in [0, 0.1) is 41.4 Å². The molecule has 2 heteroatoms. The van der Waals surface area contributed by atoms with E-state index in [0.29, 0.717) is 5.92 Å². The molecule has 0 spiro atoms. The van der Waals surface area contributed by atoms with Crippen molar-refractivity contribution in [2.45, 2.75) is 58.7 Å². The SMILES string of the molecule is CCCC1CC(CC)C2C3CC(CC3C(O)O)[C@@H]12. The van der Waals surface area contributed by atoms with Crippen molar-refractivity contribution < 1.29 is 10.2 Å². The van der Waals surface area contributed by atoms with Gasteiger partial charge in [-0.3, -0.25) is 0 Å². The van der Waals surface area contributed by atoms with E-state index in [1.807, 2.05) is 0 Å². The molecule has 2 bridgehead atoms. The molecule has 2 N–H and O–H groups in total. The van der Waals surface area contributed by atoms with Gasteiger partial charge in [0.05, 0.1) is 0 Å². The van der Waals surface area contributed by atoms with E-state index in [-0.39, 0.29) is 5.92 Å². The summed E-state index contributed by atoms with van der Waals surface area (Å²) in [4.78, 5) is 0. The van der Waals surface area contributed by atoms with Crippen molar-refractivity contribution >= 4 is 0 Å². The molecule has 3 aliphatic rings. The Morgan fingerprint density at radius 1 is 1.00 bits per heavy atom. The smallest absolute Gasteiger partial charge is 0.154 e. The Hall–Kier alpha value is -0.0800. The molecular weight excluding hydrogens is 224 g/mol. The van der Waals surface area contributed by atoms with Crippen LogP contribution in [-0.4, -0.2) is 16.5 Å². The Morgan fingerprint density at radius 3 is 2.39 bits per heavy atom. The molecule has 3 fully saturated rings. The Morgan fingerprint density at radius 2 is 1.78 bits per heavy atom. The number of hydrogen-bond donors (Lipinski definition) is 2. The van der Waals surface area contributed by atoms with Gasteiger partial charge in [-0.1, -0.05) is 33.1 Å². The average Bonchev–Trinajstić information content (AvgIpc) is 2.98. The molecule has 0 aliphatic heterocycles. The predicted octanol–water partition coefficient (Wildman–Crippen LogP) is 3.03. The van der Waals surface area contributed by atoms with Crippen molar-refractivity contribution in [2.75, 3.05) is 0 Å². The third kappa shape index (κ3) is 1.76. The molecule has 6 unspecified atom stereocenters. The van der Waals surface area contributed by atoms with Crippen LogP contribution in [0.1, 0.15) is 52.4 Å². The highest BCUT2D eigenvalue weighted by atomic mass is 16.5. The zero-order valence-corrected chi connectivity index (χ0v) is 11.8. The minimum Gasteiger partial charge on any atom is -0.368 e. The highest BCUT2D eigenvalue weighted by Crippen LogP contribution is 2.66. The average molecular weight is 252 g/mol. The lowest BCUT2D eigenvalue weighted by atomic mass is 9.70.